The number of hydrogen-bond donors (Lipinski definition) is 1. The minimum Gasteiger partial charge on any atom is -0.466 e. The summed E-state index contributed by atoms with van der Waals surface area (Å²) in [7, 11) is 1.35. The number of Topliss-reactive ketones (excluding diaryl/α,β-unsaturated/α-hetero) is 1. The summed E-state index contributed by atoms with van der Waals surface area (Å²) in [5.41, 5.74) is 0.859. The van der Waals surface area contributed by atoms with E-state index in [1.165, 1.54) is 18.8 Å². The number of ketones is 1. The molecule has 0 aromatic carbocycles. The number of fused-ring (bicyclic) bond motifs is 3. The van der Waals surface area contributed by atoms with Gasteiger partial charge in [0.1, 0.15) is 5.78 Å². The van der Waals surface area contributed by atoms with E-state index in [0.717, 1.165) is 37.7 Å². The van der Waals surface area contributed by atoms with Crippen molar-refractivity contribution < 1.29 is 24.2 Å². The average molecular weight is 457 g/mol. The summed E-state index contributed by atoms with van der Waals surface area (Å²) in [6, 6.07) is 0. The fourth-order valence-electron chi connectivity index (χ4n) is 7.57. The molecule has 1 heterocycles. The van der Waals surface area contributed by atoms with Crippen molar-refractivity contribution in [3.05, 3.63) is 35.5 Å². The summed E-state index contributed by atoms with van der Waals surface area (Å²) in [5.74, 6) is -0.193. The van der Waals surface area contributed by atoms with Crippen molar-refractivity contribution in [2.75, 3.05) is 7.11 Å². The average Bonchev–Trinajstić information content (AvgIpc) is 3.24. The van der Waals surface area contributed by atoms with Gasteiger partial charge in [0, 0.05) is 24.3 Å². The van der Waals surface area contributed by atoms with Gasteiger partial charge in [-0.2, -0.15) is 0 Å². The van der Waals surface area contributed by atoms with E-state index in [1.807, 2.05) is 0 Å². The molecule has 4 aliphatic rings. The van der Waals surface area contributed by atoms with E-state index in [1.54, 1.807) is 13.0 Å². The maximum Gasteiger partial charge on any atom is 0.330 e. The molecule has 1 saturated heterocycles. The molecule has 1 spiro atoms. The van der Waals surface area contributed by atoms with E-state index in [-0.39, 0.29) is 41.2 Å². The Hall–Kier alpha value is -1.72. The largest absolute Gasteiger partial charge is 0.466 e. The van der Waals surface area contributed by atoms with Gasteiger partial charge in [-0.15, -0.1) is 0 Å². The van der Waals surface area contributed by atoms with Gasteiger partial charge in [-0.05, 0) is 75.7 Å². The molecule has 0 aromatic rings. The second-order valence-electron chi connectivity index (χ2n) is 11.8. The monoisotopic (exact) mass is 456 g/mol. The van der Waals surface area contributed by atoms with Gasteiger partial charge < -0.3 is 14.6 Å². The van der Waals surface area contributed by atoms with Crippen molar-refractivity contribution >= 4 is 11.8 Å². The van der Waals surface area contributed by atoms with Gasteiger partial charge in [0.15, 0.2) is 0 Å². The van der Waals surface area contributed by atoms with Crippen LogP contribution in [-0.2, 0) is 19.1 Å². The number of carbonyl (C=O) groups is 2. The number of rotatable bonds is 3. The quantitative estimate of drug-likeness (QED) is 0.370. The smallest absolute Gasteiger partial charge is 0.330 e. The molecule has 3 aliphatic carbocycles. The van der Waals surface area contributed by atoms with Crippen LogP contribution in [0.2, 0.25) is 0 Å². The molecule has 5 nitrogen and oxygen atoms in total. The number of allylic oxidation sites excluding steroid dienone is 4. The van der Waals surface area contributed by atoms with Crippen LogP contribution in [0.1, 0.15) is 73.1 Å². The Bertz CT molecular complexity index is 907. The lowest BCUT2D eigenvalue weighted by Crippen LogP contribution is -2.46. The molecular formula is C28H40O5. The first-order chi connectivity index (χ1) is 15.4. The summed E-state index contributed by atoms with van der Waals surface area (Å²) in [6.45, 7) is 10.7. The Kier molecular flexibility index (Phi) is 6.28. The second-order valence-corrected chi connectivity index (χ2v) is 11.8. The first kappa shape index (κ1) is 24.4. The van der Waals surface area contributed by atoms with Gasteiger partial charge in [0.05, 0.1) is 24.4 Å². The Labute approximate surface area is 198 Å². The number of aliphatic hydroxyl groups is 1. The zero-order chi connectivity index (χ0) is 24.2. The number of hydrogen-bond acceptors (Lipinski definition) is 5. The molecular weight excluding hydrogens is 416 g/mol. The van der Waals surface area contributed by atoms with Crippen molar-refractivity contribution in [1.29, 1.82) is 0 Å². The molecule has 2 saturated carbocycles. The lowest BCUT2D eigenvalue weighted by atomic mass is 9.62. The number of methoxy groups -OCH3 is 1. The molecule has 0 radical (unpaired) electrons. The van der Waals surface area contributed by atoms with Crippen LogP contribution in [0.5, 0.6) is 0 Å². The summed E-state index contributed by atoms with van der Waals surface area (Å²) in [5, 5.41) is 11.3. The molecule has 33 heavy (non-hydrogen) atoms. The molecule has 0 unspecified atom stereocenters. The summed E-state index contributed by atoms with van der Waals surface area (Å²) < 4.78 is 11.7. The van der Waals surface area contributed by atoms with Crippen LogP contribution in [-0.4, -0.2) is 41.3 Å². The number of carbonyl (C=O) groups excluding carboxylic acids is 2. The normalized spacial score (nSPS) is 46.5. The highest BCUT2D eigenvalue weighted by Gasteiger charge is 2.63. The third-order valence-corrected chi connectivity index (χ3v) is 9.16. The first-order valence-corrected chi connectivity index (χ1v) is 12.5. The van der Waals surface area contributed by atoms with E-state index >= 15 is 0 Å². The number of esters is 1. The lowest BCUT2D eigenvalue weighted by Gasteiger charge is -2.45. The highest BCUT2D eigenvalue weighted by molar-refractivity contribution is 5.89. The van der Waals surface area contributed by atoms with Crippen LogP contribution in [0, 0.1) is 29.1 Å². The minimum absolute atomic E-state index is 0.0141. The van der Waals surface area contributed by atoms with Gasteiger partial charge in [0.25, 0.3) is 0 Å². The maximum absolute atomic E-state index is 13.1. The summed E-state index contributed by atoms with van der Waals surface area (Å²) in [4.78, 5) is 24.9. The van der Waals surface area contributed by atoms with E-state index < -0.39 is 11.6 Å². The fourth-order valence-corrected chi connectivity index (χ4v) is 7.57. The first-order valence-electron chi connectivity index (χ1n) is 12.5. The Balaban J connectivity index is 1.75. The van der Waals surface area contributed by atoms with E-state index in [0.29, 0.717) is 11.8 Å². The molecule has 5 heteroatoms. The highest BCUT2D eigenvalue weighted by Crippen LogP contribution is 2.64. The third kappa shape index (κ3) is 4.16. The van der Waals surface area contributed by atoms with E-state index in [2.05, 4.69) is 39.8 Å². The number of ether oxygens (including phenoxy) is 2. The lowest BCUT2D eigenvalue weighted by molar-refractivity contribution is -0.134. The SMILES string of the molecule is COC(=O)/C=C/C1=C/C[C@@H]2[C@](C)(CC[C@@]23O[C@@H](C=C(C)C)C[C@@H]3C)C[C@H]2[C@@H]1C(=O)C[C@@]2(C)O. The predicted octanol–water partition coefficient (Wildman–Crippen LogP) is 4.94. The van der Waals surface area contributed by atoms with Crippen LogP contribution in [0.25, 0.3) is 0 Å². The topological polar surface area (TPSA) is 72.8 Å². The van der Waals surface area contributed by atoms with Crippen LogP contribution < -0.4 is 0 Å². The molecule has 0 bridgehead atoms. The van der Waals surface area contributed by atoms with Crippen molar-refractivity contribution in [3.63, 3.8) is 0 Å². The van der Waals surface area contributed by atoms with Crippen LogP contribution in [0.4, 0.5) is 0 Å². The maximum atomic E-state index is 13.1. The van der Waals surface area contributed by atoms with Gasteiger partial charge in [-0.3, -0.25) is 4.79 Å². The highest BCUT2D eigenvalue weighted by atomic mass is 16.5. The zero-order valence-corrected chi connectivity index (χ0v) is 21.0. The van der Waals surface area contributed by atoms with Crippen LogP contribution in [0.15, 0.2) is 35.5 Å². The van der Waals surface area contributed by atoms with Gasteiger partial charge >= 0.3 is 5.97 Å². The van der Waals surface area contributed by atoms with Crippen molar-refractivity contribution in [2.45, 2.75) is 90.4 Å². The zero-order valence-electron chi connectivity index (χ0n) is 21.0. The molecule has 8 atom stereocenters. The fraction of sp³-hybridized carbons (Fsp3) is 0.714. The molecule has 1 N–H and O–H groups in total. The molecule has 1 aliphatic heterocycles. The minimum atomic E-state index is -1.05. The predicted molar refractivity (Wildman–Crippen MR) is 127 cm³/mol. The van der Waals surface area contributed by atoms with Crippen molar-refractivity contribution in [3.8, 4) is 0 Å². The molecule has 4 rings (SSSR count). The van der Waals surface area contributed by atoms with Gasteiger partial charge in [-0.1, -0.05) is 37.6 Å². The molecule has 3 fully saturated rings. The van der Waals surface area contributed by atoms with E-state index in [9.17, 15) is 14.7 Å². The Morgan fingerprint density at radius 2 is 2.00 bits per heavy atom. The molecule has 0 aromatic heterocycles. The van der Waals surface area contributed by atoms with Crippen molar-refractivity contribution in [1.82, 2.24) is 0 Å². The third-order valence-electron chi connectivity index (χ3n) is 9.16. The van der Waals surface area contributed by atoms with Crippen LogP contribution >= 0.6 is 0 Å². The summed E-state index contributed by atoms with van der Waals surface area (Å²) in [6.07, 6.45) is 12.5. The van der Waals surface area contributed by atoms with Gasteiger partial charge in [0.2, 0.25) is 0 Å². The molecule has 0 amide bonds. The second kappa shape index (κ2) is 8.49. The van der Waals surface area contributed by atoms with Crippen molar-refractivity contribution in [2.24, 2.45) is 29.1 Å². The Morgan fingerprint density at radius 3 is 2.67 bits per heavy atom. The Morgan fingerprint density at radius 1 is 1.27 bits per heavy atom. The van der Waals surface area contributed by atoms with Crippen LogP contribution in [0.3, 0.4) is 0 Å². The standard InChI is InChI=1S/C28H40O5/c1-17(2)13-20-14-18(3)28(33-20)12-11-26(4)15-21-25(22(29)16-27(21,5)31)19(7-9-23(26)28)8-10-24(30)32-6/h7-8,10,13,18,20-21,23,25,31H,9,11-12,14-16H2,1-6H3/b10-8+,19-7-/t18-,20-,21-,23+,25+,26+,27+,28-/m0/s1. The molecule has 182 valence electrons. The van der Waals surface area contributed by atoms with Gasteiger partial charge in [-0.25, -0.2) is 4.79 Å². The van der Waals surface area contributed by atoms with E-state index in [4.69, 9.17) is 9.47 Å². The summed E-state index contributed by atoms with van der Waals surface area (Å²) >= 11 is 0.